The van der Waals surface area contributed by atoms with Crippen LogP contribution in [0.2, 0.25) is 10.0 Å². The van der Waals surface area contributed by atoms with Crippen LogP contribution in [-0.4, -0.2) is 40.1 Å². The number of aromatic nitrogens is 1. The van der Waals surface area contributed by atoms with Gasteiger partial charge in [0.1, 0.15) is 23.1 Å². The van der Waals surface area contributed by atoms with E-state index < -0.39 is 58.4 Å². The molecule has 1 aliphatic heterocycles. The Hall–Kier alpha value is -3.10. The molecule has 3 N–H and O–H groups in total. The summed E-state index contributed by atoms with van der Waals surface area (Å²) in [7, 11) is 0. The highest BCUT2D eigenvalue weighted by atomic mass is 35.5. The van der Waals surface area contributed by atoms with E-state index in [0.29, 0.717) is 5.69 Å². The number of nitrogens with zero attached hydrogens (tertiary/aromatic N) is 2. The SMILES string of the molecule is CC(C)(C)C[C@H]1N[C@H](C(=O)N[C@@H](Cc2cscn2)C(=O)O)[C@@H](c2cccc(Cl)c2F)[C@]1(C#N)c1ccc(Cl)cc1F. The molecule has 41 heavy (non-hydrogen) atoms. The molecule has 12 heteroatoms. The molecule has 1 amide bonds. The maximum Gasteiger partial charge on any atom is 0.326 e. The molecule has 0 bridgehead atoms. The number of carbonyl (C=O) groups is 2. The molecule has 0 unspecified atom stereocenters. The van der Waals surface area contributed by atoms with Crippen LogP contribution in [0.25, 0.3) is 0 Å². The molecule has 7 nitrogen and oxygen atoms in total. The number of aliphatic carboxylic acids is 1. The molecule has 1 saturated heterocycles. The van der Waals surface area contributed by atoms with Gasteiger partial charge in [-0.05, 0) is 35.6 Å². The van der Waals surface area contributed by atoms with Gasteiger partial charge in [0.25, 0.3) is 0 Å². The van der Waals surface area contributed by atoms with Crippen molar-refractivity contribution < 1.29 is 23.5 Å². The standard InChI is InChI=1S/C29H28Cl2F2N4O3S/c1-28(2,3)11-22-29(13-34,18-8-7-15(30)9-20(18)32)23(17-5-4-6-19(31)24(17)33)25(37-22)26(38)36-21(27(39)40)10-16-12-41-14-35-16/h4-9,12,14,21-23,25,37H,10-11H2,1-3H3,(H,36,38)(H,39,40)/t21-,22+,23+,25-,29+/m0/s1. The van der Waals surface area contributed by atoms with E-state index >= 15 is 8.78 Å². The number of carboxylic acid groups (broad SMARTS) is 1. The monoisotopic (exact) mass is 620 g/mol. The molecule has 3 aromatic rings. The van der Waals surface area contributed by atoms with Crippen LogP contribution in [0.3, 0.4) is 0 Å². The first-order chi connectivity index (χ1) is 19.3. The summed E-state index contributed by atoms with van der Waals surface area (Å²) in [5, 5.41) is 28.0. The summed E-state index contributed by atoms with van der Waals surface area (Å²) in [6, 6.07) is 6.79. The summed E-state index contributed by atoms with van der Waals surface area (Å²) >= 11 is 13.5. The second kappa shape index (κ2) is 12.0. The van der Waals surface area contributed by atoms with Crippen molar-refractivity contribution in [2.24, 2.45) is 5.41 Å². The quantitative estimate of drug-likeness (QED) is 0.290. The van der Waals surface area contributed by atoms with Crippen molar-refractivity contribution in [2.75, 3.05) is 0 Å². The normalized spacial score (nSPS) is 23.1. The van der Waals surface area contributed by atoms with E-state index in [9.17, 15) is 20.0 Å². The average Bonchev–Trinajstić information content (AvgIpc) is 3.51. The van der Waals surface area contributed by atoms with Gasteiger partial charge in [-0.2, -0.15) is 5.26 Å². The van der Waals surface area contributed by atoms with Gasteiger partial charge < -0.3 is 15.7 Å². The van der Waals surface area contributed by atoms with Gasteiger partial charge in [-0.3, -0.25) is 4.79 Å². The third-order valence-corrected chi connectivity index (χ3v) is 8.41. The van der Waals surface area contributed by atoms with E-state index in [-0.39, 0.29) is 34.0 Å². The molecule has 1 aliphatic rings. The molecule has 0 aliphatic carbocycles. The van der Waals surface area contributed by atoms with Crippen LogP contribution in [0.5, 0.6) is 0 Å². The highest BCUT2D eigenvalue weighted by molar-refractivity contribution is 7.07. The van der Waals surface area contributed by atoms with Gasteiger partial charge in [-0.25, -0.2) is 18.6 Å². The van der Waals surface area contributed by atoms with Crippen LogP contribution in [0.4, 0.5) is 8.78 Å². The number of carboxylic acids is 1. The van der Waals surface area contributed by atoms with E-state index in [2.05, 4.69) is 21.7 Å². The summed E-state index contributed by atoms with van der Waals surface area (Å²) in [5.74, 6) is -5.04. The average molecular weight is 622 g/mol. The fourth-order valence-electron chi connectivity index (χ4n) is 5.57. The number of nitriles is 1. The highest BCUT2D eigenvalue weighted by Crippen LogP contribution is 2.52. The smallest absolute Gasteiger partial charge is 0.326 e. The number of hydrogen-bond donors (Lipinski definition) is 3. The Labute approximate surface area is 250 Å². The first-order valence-corrected chi connectivity index (χ1v) is 14.5. The van der Waals surface area contributed by atoms with Crippen molar-refractivity contribution in [1.29, 1.82) is 5.26 Å². The van der Waals surface area contributed by atoms with Crippen molar-refractivity contribution in [1.82, 2.24) is 15.6 Å². The van der Waals surface area contributed by atoms with Crippen LogP contribution in [0.15, 0.2) is 47.3 Å². The molecule has 2 heterocycles. The number of nitrogens with one attached hydrogen (secondary N) is 2. The number of benzene rings is 2. The Bertz CT molecular complexity index is 1490. The number of amides is 1. The van der Waals surface area contributed by atoms with Crippen molar-refractivity contribution in [3.05, 3.63) is 85.8 Å². The number of halogens is 4. The second-order valence-corrected chi connectivity index (χ2v) is 12.8. The fraction of sp³-hybridized carbons (Fsp3) is 0.379. The van der Waals surface area contributed by atoms with Crippen molar-refractivity contribution in [3.8, 4) is 6.07 Å². The van der Waals surface area contributed by atoms with Gasteiger partial charge in [0.05, 0.1) is 28.3 Å². The molecular formula is C29H28Cl2F2N4O3S. The maximum absolute atomic E-state index is 15.7. The molecule has 4 rings (SSSR count). The predicted molar refractivity (Wildman–Crippen MR) is 153 cm³/mol. The first kappa shape index (κ1) is 30.8. The van der Waals surface area contributed by atoms with Crippen LogP contribution in [0.1, 0.15) is 49.9 Å². The number of hydrogen-bond acceptors (Lipinski definition) is 6. The minimum absolute atomic E-state index is 0.0666. The van der Waals surface area contributed by atoms with Gasteiger partial charge >= 0.3 is 5.97 Å². The Morgan fingerprint density at radius 1 is 1.27 bits per heavy atom. The van der Waals surface area contributed by atoms with Crippen molar-refractivity contribution in [2.45, 2.75) is 63.1 Å². The first-order valence-electron chi connectivity index (χ1n) is 12.8. The summed E-state index contributed by atoms with van der Waals surface area (Å²) in [4.78, 5) is 30.1. The van der Waals surface area contributed by atoms with Crippen molar-refractivity contribution >= 4 is 46.4 Å². The lowest BCUT2D eigenvalue weighted by Crippen LogP contribution is -2.51. The minimum atomic E-state index is -1.82. The molecule has 5 atom stereocenters. The zero-order chi connectivity index (χ0) is 30.1. The summed E-state index contributed by atoms with van der Waals surface area (Å²) in [6.45, 7) is 5.77. The summed E-state index contributed by atoms with van der Waals surface area (Å²) < 4.78 is 31.4. The summed E-state index contributed by atoms with van der Waals surface area (Å²) in [5.41, 5.74) is -0.361. The lowest BCUT2D eigenvalue weighted by Gasteiger charge is -2.37. The third-order valence-electron chi connectivity index (χ3n) is 7.24. The van der Waals surface area contributed by atoms with Gasteiger partial charge in [-0.1, -0.05) is 62.2 Å². The van der Waals surface area contributed by atoms with E-state index in [1.165, 1.54) is 41.7 Å². The Kier molecular flexibility index (Phi) is 9.04. The van der Waals surface area contributed by atoms with Gasteiger partial charge in [0.2, 0.25) is 5.91 Å². The zero-order valence-corrected chi connectivity index (χ0v) is 24.7. The molecule has 0 spiro atoms. The molecule has 2 aromatic carbocycles. The number of thiazole rings is 1. The second-order valence-electron chi connectivity index (χ2n) is 11.3. The minimum Gasteiger partial charge on any atom is -0.480 e. The summed E-state index contributed by atoms with van der Waals surface area (Å²) in [6.07, 6.45) is 0.195. The van der Waals surface area contributed by atoms with Crippen LogP contribution in [0, 0.1) is 28.4 Å². The number of carbonyl (C=O) groups excluding carboxylic acids is 1. The Balaban J connectivity index is 1.91. The molecule has 216 valence electrons. The molecular weight excluding hydrogens is 593 g/mol. The molecule has 1 aromatic heterocycles. The van der Waals surface area contributed by atoms with Gasteiger partial charge in [0, 0.05) is 34.3 Å². The lowest BCUT2D eigenvalue weighted by molar-refractivity contribution is -0.142. The van der Waals surface area contributed by atoms with E-state index in [1.807, 2.05) is 20.8 Å². The third kappa shape index (κ3) is 6.24. The number of rotatable bonds is 8. The Morgan fingerprint density at radius 3 is 2.59 bits per heavy atom. The highest BCUT2D eigenvalue weighted by Gasteiger charge is 2.61. The predicted octanol–water partition coefficient (Wildman–Crippen LogP) is 5.86. The van der Waals surface area contributed by atoms with E-state index in [4.69, 9.17) is 23.2 Å². The van der Waals surface area contributed by atoms with Crippen LogP contribution in [-0.2, 0) is 21.4 Å². The van der Waals surface area contributed by atoms with Crippen LogP contribution >= 0.6 is 34.5 Å². The fourth-order valence-corrected chi connectivity index (χ4v) is 6.48. The largest absolute Gasteiger partial charge is 0.480 e. The van der Waals surface area contributed by atoms with E-state index in [0.717, 1.165) is 6.07 Å². The van der Waals surface area contributed by atoms with Crippen LogP contribution < -0.4 is 10.6 Å². The molecule has 1 fully saturated rings. The van der Waals surface area contributed by atoms with Gasteiger partial charge in [0.15, 0.2) is 0 Å². The molecule has 0 radical (unpaired) electrons. The lowest BCUT2D eigenvalue weighted by atomic mass is 9.62. The topological polar surface area (TPSA) is 115 Å². The van der Waals surface area contributed by atoms with Crippen molar-refractivity contribution in [3.63, 3.8) is 0 Å². The van der Waals surface area contributed by atoms with E-state index in [1.54, 1.807) is 10.9 Å². The molecule has 0 saturated carbocycles. The maximum atomic E-state index is 15.7. The van der Waals surface area contributed by atoms with Gasteiger partial charge in [-0.15, -0.1) is 11.3 Å². The Morgan fingerprint density at radius 2 is 2.00 bits per heavy atom. The zero-order valence-electron chi connectivity index (χ0n) is 22.4.